The van der Waals surface area contributed by atoms with E-state index in [2.05, 4.69) is 6.58 Å². The molecule has 0 aliphatic rings. The Morgan fingerprint density at radius 2 is 1.73 bits per heavy atom. The lowest BCUT2D eigenvalue weighted by Gasteiger charge is -2.38. The molecule has 0 radical (unpaired) electrons. The normalized spacial score (nSPS) is 15.5. The Hall–Kier alpha value is -0.950. The number of aliphatic hydroxyl groups is 1. The van der Waals surface area contributed by atoms with Crippen LogP contribution < -0.4 is 0 Å². The number of hydrogen-bond acceptors (Lipinski definition) is 6. The predicted molar refractivity (Wildman–Crippen MR) is 50.7 cm³/mol. The number of carbonyl (C=O) groups is 1. The van der Waals surface area contributed by atoms with E-state index in [-0.39, 0.29) is 0 Å². The lowest BCUT2D eigenvalue weighted by Crippen LogP contribution is -2.58. The van der Waals surface area contributed by atoms with Crippen molar-refractivity contribution < 1.29 is 28.8 Å². The third-order valence-corrected chi connectivity index (χ3v) is 1.90. The fraction of sp³-hybridized carbons (Fsp3) is 0.667. The Balaban J connectivity index is 5.03. The van der Waals surface area contributed by atoms with Gasteiger partial charge in [0, 0.05) is 27.4 Å². The first-order valence-electron chi connectivity index (χ1n) is 4.12. The van der Waals surface area contributed by atoms with Crippen molar-refractivity contribution in [1.29, 1.82) is 0 Å². The summed E-state index contributed by atoms with van der Waals surface area (Å²) in [6.45, 7) is 4.45. The Morgan fingerprint density at radius 3 is 2.00 bits per heavy atom. The third-order valence-electron chi connectivity index (χ3n) is 1.90. The average Bonchev–Trinajstić information content (AvgIpc) is 2.25. The van der Waals surface area contributed by atoms with Gasteiger partial charge in [0.2, 0.25) is 0 Å². The van der Waals surface area contributed by atoms with Crippen LogP contribution in [0.15, 0.2) is 12.7 Å². The van der Waals surface area contributed by atoms with Gasteiger partial charge in [-0.15, -0.1) is 0 Å². The molecule has 0 amide bonds. The lowest BCUT2D eigenvalue weighted by atomic mass is 10.2. The number of hydrogen-bond donors (Lipinski definition) is 1. The van der Waals surface area contributed by atoms with Gasteiger partial charge in [0.05, 0.1) is 0 Å². The second-order valence-corrected chi connectivity index (χ2v) is 2.78. The molecule has 0 bridgehead atoms. The summed E-state index contributed by atoms with van der Waals surface area (Å²) in [7, 11) is 3.62. The SMILES string of the molecule is C=CC(=O)OC(OC)(OC)C(C)(O)OC. The molecule has 0 spiro atoms. The Labute approximate surface area is 88.4 Å². The summed E-state index contributed by atoms with van der Waals surface area (Å²) in [5.74, 6) is -4.79. The first-order valence-corrected chi connectivity index (χ1v) is 4.12. The second-order valence-electron chi connectivity index (χ2n) is 2.78. The van der Waals surface area contributed by atoms with Crippen molar-refractivity contribution >= 4 is 5.97 Å². The van der Waals surface area contributed by atoms with E-state index in [4.69, 9.17) is 18.9 Å². The van der Waals surface area contributed by atoms with Crippen LogP contribution in [0.4, 0.5) is 0 Å². The maximum atomic E-state index is 11.0. The quantitative estimate of drug-likeness (QED) is 0.386. The molecule has 6 nitrogen and oxygen atoms in total. The van der Waals surface area contributed by atoms with E-state index in [0.29, 0.717) is 0 Å². The van der Waals surface area contributed by atoms with Gasteiger partial charge in [-0.2, -0.15) is 0 Å². The summed E-state index contributed by atoms with van der Waals surface area (Å²) in [6.07, 6.45) is 0.915. The van der Waals surface area contributed by atoms with Gasteiger partial charge < -0.3 is 24.1 Å². The van der Waals surface area contributed by atoms with Crippen LogP contribution in [0.5, 0.6) is 0 Å². The molecule has 1 N–H and O–H groups in total. The Morgan fingerprint density at radius 1 is 1.27 bits per heavy atom. The van der Waals surface area contributed by atoms with Crippen LogP contribution in [-0.4, -0.2) is 44.2 Å². The van der Waals surface area contributed by atoms with Crippen LogP contribution >= 0.6 is 0 Å². The molecule has 0 aromatic rings. The van der Waals surface area contributed by atoms with Crippen LogP contribution in [-0.2, 0) is 23.7 Å². The van der Waals surface area contributed by atoms with Gasteiger partial charge in [0.1, 0.15) is 0 Å². The first kappa shape index (κ1) is 14.1. The fourth-order valence-electron chi connectivity index (χ4n) is 0.939. The van der Waals surface area contributed by atoms with Gasteiger partial charge in [0.15, 0.2) is 0 Å². The summed E-state index contributed by atoms with van der Waals surface area (Å²) in [5.41, 5.74) is 0. The standard InChI is InChI=1S/C9H16O6/c1-6-7(10)15-9(13-4,14-5)8(2,11)12-3/h6,11H,1H2,2-5H3. The molecule has 0 saturated carbocycles. The van der Waals surface area contributed by atoms with E-state index in [1.54, 1.807) is 0 Å². The molecule has 0 aliphatic heterocycles. The van der Waals surface area contributed by atoms with E-state index >= 15 is 0 Å². The minimum absolute atomic E-state index is 0.809. The molecule has 0 aliphatic carbocycles. The van der Waals surface area contributed by atoms with Crippen molar-refractivity contribution in [2.24, 2.45) is 0 Å². The Kier molecular flexibility index (Phi) is 4.89. The van der Waals surface area contributed by atoms with E-state index in [1.807, 2.05) is 0 Å². The molecule has 0 aromatic heterocycles. The summed E-state index contributed by atoms with van der Waals surface area (Å²) in [4.78, 5) is 11.0. The maximum Gasteiger partial charge on any atom is 0.386 e. The summed E-state index contributed by atoms with van der Waals surface area (Å²) < 4.78 is 19.1. The van der Waals surface area contributed by atoms with E-state index in [9.17, 15) is 9.90 Å². The molecule has 15 heavy (non-hydrogen) atoms. The van der Waals surface area contributed by atoms with Crippen LogP contribution in [0.1, 0.15) is 6.92 Å². The van der Waals surface area contributed by atoms with E-state index < -0.39 is 17.7 Å². The predicted octanol–water partition coefficient (Wildman–Crippen LogP) is 0.0171. The molecule has 0 saturated heterocycles. The van der Waals surface area contributed by atoms with Crippen molar-refractivity contribution in [3.05, 3.63) is 12.7 Å². The van der Waals surface area contributed by atoms with Gasteiger partial charge in [-0.3, -0.25) is 0 Å². The number of ether oxygens (including phenoxy) is 4. The highest BCUT2D eigenvalue weighted by Crippen LogP contribution is 2.29. The third kappa shape index (κ3) is 2.75. The van der Waals surface area contributed by atoms with Gasteiger partial charge in [0.25, 0.3) is 5.79 Å². The maximum absolute atomic E-state index is 11.0. The average molecular weight is 220 g/mol. The zero-order valence-corrected chi connectivity index (χ0v) is 9.27. The molecule has 88 valence electrons. The van der Waals surface area contributed by atoms with Crippen molar-refractivity contribution in [3.8, 4) is 0 Å². The van der Waals surface area contributed by atoms with Crippen molar-refractivity contribution in [1.82, 2.24) is 0 Å². The van der Waals surface area contributed by atoms with Gasteiger partial charge in [-0.1, -0.05) is 6.58 Å². The van der Waals surface area contributed by atoms with Crippen molar-refractivity contribution in [2.45, 2.75) is 18.7 Å². The number of rotatable bonds is 6. The van der Waals surface area contributed by atoms with Crippen molar-refractivity contribution in [3.63, 3.8) is 0 Å². The first-order chi connectivity index (χ1) is 6.89. The topological polar surface area (TPSA) is 74.2 Å². The second kappa shape index (κ2) is 5.22. The lowest BCUT2D eigenvalue weighted by molar-refractivity contribution is -0.456. The van der Waals surface area contributed by atoms with Gasteiger partial charge in [-0.05, 0) is 6.92 Å². The molecule has 6 heteroatoms. The molecular formula is C9H16O6. The van der Waals surface area contributed by atoms with E-state index in [1.165, 1.54) is 28.3 Å². The monoisotopic (exact) mass is 220 g/mol. The van der Waals surface area contributed by atoms with Gasteiger partial charge in [-0.25, -0.2) is 4.79 Å². The van der Waals surface area contributed by atoms with E-state index in [0.717, 1.165) is 6.08 Å². The number of esters is 1. The highest BCUT2D eigenvalue weighted by Gasteiger charge is 2.54. The fourth-order valence-corrected chi connectivity index (χ4v) is 0.939. The summed E-state index contributed by atoms with van der Waals surface area (Å²) >= 11 is 0. The molecule has 1 unspecified atom stereocenters. The Bertz CT molecular complexity index is 231. The summed E-state index contributed by atoms with van der Waals surface area (Å²) in [6, 6.07) is 0. The molecule has 0 aromatic carbocycles. The zero-order chi connectivity index (χ0) is 12.1. The highest BCUT2D eigenvalue weighted by atomic mass is 16.9. The number of methoxy groups -OCH3 is 3. The van der Waals surface area contributed by atoms with Crippen molar-refractivity contribution in [2.75, 3.05) is 21.3 Å². The van der Waals surface area contributed by atoms with Gasteiger partial charge >= 0.3 is 11.9 Å². The smallest absolute Gasteiger partial charge is 0.386 e. The molecular weight excluding hydrogens is 204 g/mol. The van der Waals surface area contributed by atoms with Crippen LogP contribution in [0.25, 0.3) is 0 Å². The highest BCUT2D eigenvalue weighted by molar-refractivity contribution is 5.81. The summed E-state index contributed by atoms with van der Waals surface area (Å²) in [5, 5.41) is 9.79. The molecule has 0 heterocycles. The molecule has 0 fully saturated rings. The van der Waals surface area contributed by atoms with Crippen LogP contribution in [0.2, 0.25) is 0 Å². The molecule has 1 atom stereocenters. The minimum atomic E-state index is -2.03. The minimum Gasteiger partial charge on any atom is -0.400 e. The number of carbonyl (C=O) groups excluding carboxylic acids is 1. The zero-order valence-electron chi connectivity index (χ0n) is 9.27. The van der Waals surface area contributed by atoms with Crippen LogP contribution in [0, 0.1) is 0 Å². The molecule has 0 rings (SSSR count). The van der Waals surface area contributed by atoms with Crippen LogP contribution in [0.3, 0.4) is 0 Å². The largest absolute Gasteiger partial charge is 0.400 e.